The van der Waals surface area contributed by atoms with Crippen molar-refractivity contribution in [3.05, 3.63) is 54.5 Å². The number of nitrogens with zero attached hydrogens (tertiary/aromatic N) is 3. The lowest BCUT2D eigenvalue weighted by atomic mass is 10.3. The molecule has 1 aromatic carbocycles. The van der Waals surface area contributed by atoms with E-state index in [1.54, 1.807) is 12.4 Å². The van der Waals surface area contributed by atoms with E-state index in [-0.39, 0.29) is 5.56 Å². The summed E-state index contributed by atoms with van der Waals surface area (Å²) in [4.78, 5) is 19.1. The molecule has 0 fully saturated rings. The first-order valence-electron chi connectivity index (χ1n) is 5.37. The average molecular weight is 239 g/mol. The smallest absolute Gasteiger partial charge is 0.337 e. The number of carbonyl (C=O) groups is 1. The van der Waals surface area contributed by atoms with Gasteiger partial charge >= 0.3 is 5.97 Å². The summed E-state index contributed by atoms with van der Waals surface area (Å²) in [6.07, 6.45) is 3.01. The summed E-state index contributed by atoms with van der Waals surface area (Å²) in [5, 5.41) is 8.82. The van der Waals surface area contributed by atoms with Gasteiger partial charge in [0.1, 0.15) is 12.1 Å². The molecule has 3 rings (SSSR count). The van der Waals surface area contributed by atoms with Crippen LogP contribution in [0, 0.1) is 0 Å². The van der Waals surface area contributed by atoms with Crippen molar-refractivity contribution >= 4 is 17.0 Å². The Morgan fingerprint density at radius 1 is 1.11 bits per heavy atom. The van der Waals surface area contributed by atoms with Crippen LogP contribution in [0.2, 0.25) is 0 Å². The quantitative estimate of drug-likeness (QED) is 0.743. The third-order valence-corrected chi connectivity index (χ3v) is 2.70. The van der Waals surface area contributed by atoms with Gasteiger partial charge in [-0.05, 0) is 24.3 Å². The van der Waals surface area contributed by atoms with Crippen molar-refractivity contribution in [1.82, 2.24) is 14.5 Å². The van der Waals surface area contributed by atoms with Crippen molar-refractivity contribution in [2.75, 3.05) is 0 Å². The highest BCUT2D eigenvalue weighted by molar-refractivity contribution is 5.87. The maximum Gasteiger partial charge on any atom is 0.337 e. The topological polar surface area (TPSA) is 68.0 Å². The summed E-state index contributed by atoms with van der Waals surface area (Å²) in [5.41, 5.74) is 1.98. The van der Waals surface area contributed by atoms with Crippen molar-refractivity contribution in [2.45, 2.75) is 0 Å². The second-order valence-electron chi connectivity index (χ2n) is 3.81. The lowest BCUT2D eigenvalue weighted by Gasteiger charge is -2.03. The largest absolute Gasteiger partial charge is 0.478 e. The number of hydrogen-bond donors (Lipinski definition) is 1. The molecular formula is C13H9N3O2. The summed E-state index contributed by atoms with van der Waals surface area (Å²) in [7, 11) is 0. The summed E-state index contributed by atoms with van der Waals surface area (Å²) in [6.45, 7) is 0. The fourth-order valence-corrected chi connectivity index (χ4v) is 1.80. The van der Waals surface area contributed by atoms with Crippen LogP contribution in [0.1, 0.15) is 10.4 Å². The molecule has 0 saturated heterocycles. The second-order valence-corrected chi connectivity index (χ2v) is 3.81. The van der Waals surface area contributed by atoms with E-state index in [2.05, 4.69) is 9.97 Å². The van der Waals surface area contributed by atoms with Crippen molar-refractivity contribution in [1.29, 1.82) is 0 Å². The molecule has 0 atom stereocenters. The van der Waals surface area contributed by atoms with Crippen LogP contribution < -0.4 is 0 Å². The van der Waals surface area contributed by atoms with Crippen LogP contribution in [-0.4, -0.2) is 25.6 Å². The van der Waals surface area contributed by atoms with Crippen LogP contribution >= 0.6 is 0 Å². The Morgan fingerprint density at radius 2 is 1.94 bits per heavy atom. The molecule has 0 radical (unpaired) electrons. The number of carboxylic acids is 1. The summed E-state index contributed by atoms with van der Waals surface area (Å²) >= 11 is 0. The van der Waals surface area contributed by atoms with Gasteiger partial charge in [-0.15, -0.1) is 0 Å². The Hall–Kier alpha value is -2.69. The van der Waals surface area contributed by atoms with Crippen molar-refractivity contribution < 1.29 is 9.90 Å². The minimum absolute atomic E-state index is 0.170. The Bertz CT molecular complexity index is 716. The Morgan fingerprint density at radius 3 is 2.67 bits per heavy atom. The summed E-state index contributed by atoms with van der Waals surface area (Å²) in [5.74, 6) is -0.335. The van der Waals surface area contributed by atoms with E-state index in [1.165, 1.54) is 12.3 Å². The number of imidazole rings is 1. The number of pyridine rings is 1. The number of fused-ring (bicyclic) bond motifs is 1. The molecule has 2 aromatic heterocycles. The second kappa shape index (κ2) is 3.96. The van der Waals surface area contributed by atoms with Gasteiger partial charge in [0.2, 0.25) is 0 Å². The third kappa shape index (κ3) is 1.62. The molecule has 88 valence electrons. The van der Waals surface area contributed by atoms with E-state index in [0.29, 0.717) is 5.82 Å². The number of rotatable bonds is 2. The minimum Gasteiger partial charge on any atom is -0.478 e. The van der Waals surface area contributed by atoms with Crippen LogP contribution in [-0.2, 0) is 0 Å². The van der Waals surface area contributed by atoms with Gasteiger partial charge in [-0.3, -0.25) is 4.57 Å². The van der Waals surface area contributed by atoms with E-state index in [4.69, 9.17) is 5.11 Å². The molecule has 0 aliphatic carbocycles. The first-order chi connectivity index (χ1) is 8.75. The maximum atomic E-state index is 10.8. The number of aromatic nitrogens is 3. The molecule has 3 aromatic rings. The van der Waals surface area contributed by atoms with Gasteiger partial charge in [-0.2, -0.15) is 0 Å². The molecular weight excluding hydrogens is 230 g/mol. The van der Waals surface area contributed by atoms with Gasteiger partial charge < -0.3 is 5.11 Å². The van der Waals surface area contributed by atoms with E-state index >= 15 is 0 Å². The lowest BCUT2D eigenvalue weighted by Crippen LogP contribution is -2.00. The molecule has 18 heavy (non-hydrogen) atoms. The van der Waals surface area contributed by atoms with E-state index in [0.717, 1.165) is 11.0 Å². The van der Waals surface area contributed by atoms with Gasteiger partial charge in [0.05, 0.1) is 16.6 Å². The van der Waals surface area contributed by atoms with Crippen LogP contribution in [0.4, 0.5) is 0 Å². The first-order valence-corrected chi connectivity index (χ1v) is 5.37. The zero-order valence-electron chi connectivity index (χ0n) is 9.32. The summed E-state index contributed by atoms with van der Waals surface area (Å²) in [6, 6.07) is 10.9. The van der Waals surface area contributed by atoms with Crippen LogP contribution in [0.15, 0.2) is 48.9 Å². The van der Waals surface area contributed by atoms with Gasteiger partial charge in [0.25, 0.3) is 0 Å². The van der Waals surface area contributed by atoms with Crippen molar-refractivity contribution in [3.63, 3.8) is 0 Å². The zero-order valence-corrected chi connectivity index (χ0v) is 9.32. The average Bonchev–Trinajstić information content (AvgIpc) is 2.82. The van der Waals surface area contributed by atoms with E-state index in [9.17, 15) is 4.79 Å². The molecule has 0 amide bonds. The standard InChI is InChI=1S/C13H9N3O2/c17-13(18)9-5-6-12(14-7-9)16-8-15-10-3-1-2-4-11(10)16/h1-8H,(H,17,18). The van der Waals surface area contributed by atoms with E-state index < -0.39 is 5.97 Å². The normalized spacial score (nSPS) is 10.7. The highest BCUT2D eigenvalue weighted by Crippen LogP contribution is 2.16. The molecule has 5 heteroatoms. The molecule has 0 aliphatic rings. The number of carboxylic acid groups (broad SMARTS) is 1. The van der Waals surface area contributed by atoms with Crippen molar-refractivity contribution in [3.8, 4) is 5.82 Å². The Labute approximate surface area is 102 Å². The van der Waals surface area contributed by atoms with Crippen LogP contribution in [0.5, 0.6) is 0 Å². The predicted octanol–water partition coefficient (Wildman–Crippen LogP) is 2.12. The van der Waals surface area contributed by atoms with Gasteiger partial charge in [0.15, 0.2) is 0 Å². The fraction of sp³-hybridized carbons (Fsp3) is 0. The van der Waals surface area contributed by atoms with Crippen molar-refractivity contribution in [2.24, 2.45) is 0 Å². The highest BCUT2D eigenvalue weighted by atomic mass is 16.4. The predicted molar refractivity (Wildman–Crippen MR) is 65.8 cm³/mol. The van der Waals surface area contributed by atoms with Gasteiger partial charge in [0, 0.05) is 6.20 Å². The van der Waals surface area contributed by atoms with Gasteiger partial charge in [-0.25, -0.2) is 14.8 Å². The number of para-hydroxylation sites is 2. The van der Waals surface area contributed by atoms with Gasteiger partial charge in [-0.1, -0.05) is 12.1 Å². The lowest BCUT2D eigenvalue weighted by molar-refractivity contribution is 0.0696. The molecule has 5 nitrogen and oxygen atoms in total. The maximum absolute atomic E-state index is 10.8. The molecule has 2 heterocycles. The number of hydrogen-bond acceptors (Lipinski definition) is 3. The molecule has 0 saturated carbocycles. The monoisotopic (exact) mass is 239 g/mol. The molecule has 0 unspecified atom stereocenters. The highest BCUT2D eigenvalue weighted by Gasteiger charge is 2.06. The Kier molecular flexibility index (Phi) is 2.30. The summed E-state index contributed by atoms with van der Waals surface area (Å²) < 4.78 is 1.82. The SMILES string of the molecule is O=C(O)c1ccc(-n2cnc3ccccc32)nc1. The fourth-order valence-electron chi connectivity index (χ4n) is 1.80. The molecule has 1 N–H and O–H groups in total. The first kappa shape index (κ1) is 10.5. The third-order valence-electron chi connectivity index (χ3n) is 2.70. The minimum atomic E-state index is -0.982. The van der Waals surface area contributed by atoms with Crippen LogP contribution in [0.3, 0.4) is 0 Å². The number of benzene rings is 1. The number of aromatic carboxylic acids is 1. The zero-order chi connectivity index (χ0) is 12.5. The molecule has 0 bridgehead atoms. The van der Waals surface area contributed by atoms with E-state index in [1.807, 2.05) is 28.8 Å². The molecule has 0 spiro atoms. The molecule has 0 aliphatic heterocycles. The van der Waals surface area contributed by atoms with Crippen LogP contribution in [0.25, 0.3) is 16.9 Å². The Balaban J connectivity index is 2.12.